The van der Waals surface area contributed by atoms with Gasteiger partial charge in [-0.3, -0.25) is 0 Å². The van der Waals surface area contributed by atoms with E-state index in [0.717, 1.165) is 35.3 Å². The minimum atomic E-state index is -0.128. The van der Waals surface area contributed by atoms with Gasteiger partial charge in [0.25, 0.3) is 0 Å². The Labute approximate surface area is 113 Å². The van der Waals surface area contributed by atoms with Crippen LogP contribution in [0.5, 0.6) is 0 Å². The second-order valence-corrected chi connectivity index (χ2v) is 4.94. The summed E-state index contributed by atoms with van der Waals surface area (Å²) in [6, 6.07) is 7.45. The van der Waals surface area contributed by atoms with Crippen LogP contribution in [-0.4, -0.2) is 7.05 Å². The van der Waals surface area contributed by atoms with Gasteiger partial charge in [-0.15, -0.1) is 0 Å². The lowest BCUT2D eigenvalue weighted by molar-refractivity contribution is 0.457. The predicted molar refractivity (Wildman–Crippen MR) is 74.7 cm³/mol. The minimum absolute atomic E-state index is 0.00528. The lowest BCUT2D eigenvalue weighted by Crippen LogP contribution is -2.19. The van der Waals surface area contributed by atoms with Crippen LogP contribution in [0.3, 0.4) is 0 Å². The van der Waals surface area contributed by atoms with Crippen LogP contribution in [0.25, 0.3) is 0 Å². The minimum Gasteiger partial charge on any atom is -0.469 e. The van der Waals surface area contributed by atoms with Crippen molar-refractivity contribution in [3.8, 4) is 0 Å². The summed E-state index contributed by atoms with van der Waals surface area (Å²) in [4.78, 5) is 0. The lowest BCUT2D eigenvalue weighted by atomic mass is 9.95. The van der Waals surface area contributed by atoms with Crippen LogP contribution in [0.1, 0.15) is 34.9 Å². The van der Waals surface area contributed by atoms with Crippen LogP contribution in [0.2, 0.25) is 0 Å². The largest absolute Gasteiger partial charge is 0.469 e. The average Bonchev–Trinajstić information content (AvgIpc) is 2.85. The SMILES string of the molecule is CNC(CCc1ccco1)c1c(C)cc(C)cc1F. The fraction of sp³-hybridized carbons (Fsp3) is 0.375. The molecule has 0 radical (unpaired) electrons. The van der Waals surface area contributed by atoms with E-state index in [-0.39, 0.29) is 11.9 Å². The van der Waals surface area contributed by atoms with E-state index in [4.69, 9.17) is 4.42 Å². The van der Waals surface area contributed by atoms with Gasteiger partial charge in [0, 0.05) is 18.0 Å². The van der Waals surface area contributed by atoms with Crippen LogP contribution >= 0.6 is 0 Å². The highest BCUT2D eigenvalue weighted by Gasteiger charge is 2.17. The molecule has 1 N–H and O–H groups in total. The van der Waals surface area contributed by atoms with Gasteiger partial charge in [0.2, 0.25) is 0 Å². The zero-order valence-corrected chi connectivity index (χ0v) is 11.7. The summed E-state index contributed by atoms with van der Waals surface area (Å²) in [5.74, 6) is 0.807. The van der Waals surface area contributed by atoms with Crippen molar-refractivity contribution in [2.75, 3.05) is 7.05 Å². The Morgan fingerprint density at radius 2 is 2.11 bits per heavy atom. The molecule has 0 bridgehead atoms. The Morgan fingerprint density at radius 1 is 1.32 bits per heavy atom. The zero-order valence-electron chi connectivity index (χ0n) is 11.7. The van der Waals surface area contributed by atoms with E-state index < -0.39 is 0 Å². The second kappa shape index (κ2) is 6.02. The fourth-order valence-corrected chi connectivity index (χ4v) is 2.54. The maximum Gasteiger partial charge on any atom is 0.128 e. The summed E-state index contributed by atoms with van der Waals surface area (Å²) < 4.78 is 19.5. The molecular weight excluding hydrogens is 241 g/mol. The molecule has 1 aromatic carbocycles. The van der Waals surface area contributed by atoms with E-state index in [2.05, 4.69) is 5.32 Å². The Hall–Kier alpha value is -1.61. The zero-order chi connectivity index (χ0) is 13.8. The number of rotatable bonds is 5. The van der Waals surface area contributed by atoms with E-state index in [0.29, 0.717) is 0 Å². The quantitative estimate of drug-likeness (QED) is 0.882. The Kier molecular flexibility index (Phi) is 4.38. The first-order chi connectivity index (χ1) is 9.11. The van der Waals surface area contributed by atoms with Gasteiger partial charge >= 0.3 is 0 Å². The van der Waals surface area contributed by atoms with Crippen LogP contribution in [0.15, 0.2) is 34.9 Å². The van der Waals surface area contributed by atoms with Gasteiger partial charge in [-0.05, 0) is 56.6 Å². The van der Waals surface area contributed by atoms with E-state index in [1.807, 2.05) is 39.1 Å². The molecule has 0 fully saturated rings. The molecule has 0 aliphatic carbocycles. The third-order valence-electron chi connectivity index (χ3n) is 3.44. The molecule has 2 rings (SSSR count). The third kappa shape index (κ3) is 3.24. The Morgan fingerprint density at radius 3 is 2.68 bits per heavy atom. The van der Waals surface area contributed by atoms with E-state index in [1.165, 1.54) is 0 Å². The summed E-state index contributed by atoms with van der Waals surface area (Å²) >= 11 is 0. The van der Waals surface area contributed by atoms with Crippen molar-refractivity contribution < 1.29 is 8.81 Å². The molecule has 1 atom stereocenters. The molecule has 1 aromatic heterocycles. The van der Waals surface area contributed by atoms with Crippen LogP contribution in [-0.2, 0) is 6.42 Å². The number of furan rings is 1. The van der Waals surface area contributed by atoms with Gasteiger partial charge in [0.1, 0.15) is 11.6 Å². The number of hydrogen-bond donors (Lipinski definition) is 1. The van der Waals surface area contributed by atoms with Crippen molar-refractivity contribution in [1.82, 2.24) is 5.32 Å². The van der Waals surface area contributed by atoms with Crippen LogP contribution < -0.4 is 5.32 Å². The summed E-state index contributed by atoms with van der Waals surface area (Å²) in [6.45, 7) is 3.87. The van der Waals surface area contributed by atoms with Gasteiger partial charge < -0.3 is 9.73 Å². The number of hydrogen-bond acceptors (Lipinski definition) is 2. The monoisotopic (exact) mass is 261 g/mol. The highest BCUT2D eigenvalue weighted by atomic mass is 19.1. The van der Waals surface area contributed by atoms with Gasteiger partial charge in [-0.2, -0.15) is 0 Å². The van der Waals surface area contributed by atoms with E-state index in [1.54, 1.807) is 12.3 Å². The average molecular weight is 261 g/mol. The molecule has 102 valence electrons. The van der Waals surface area contributed by atoms with Gasteiger partial charge in [-0.1, -0.05) is 6.07 Å². The molecule has 0 aliphatic rings. The van der Waals surface area contributed by atoms with Crippen molar-refractivity contribution in [2.24, 2.45) is 0 Å². The molecule has 2 aromatic rings. The molecule has 1 unspecified atom stereocenters. The topological polar surface area (TPSA) is 25.2 Å². The highest BCUT2D eigenvalue weighted by molar-refractivity contribution is 5.34. The first kappa shape index (κ1) is 13.8. The van der Waals surface area contributed by atoms with Crippen molar-refractivity contribution in [1.29, 1.82) is 0 Å². The highest BCUT2D eigenvalue weighted by Crippen LogP contribution is 2.26. The van der Waals surface area contributed by atoms with Crippen molar-refractivity contribution in [2.45, 2.75) is 32.7 Å². The normalized spacial score (nSPS) is 12.6. The summed E-state index contributed by atoms with van der Waals surface area (Å²) in [6.07, 6.45) is 3.28. The fourth-order valence-electron chi connectivity index (χ4n) is 2.54. The van der Waals surface area contributed by atoms with Crippen molar-refractivity contribution in [3.05, 3.63) is 58.8 Å². The Balaban J connectivity index is 2.17. The second-order valence-electron chi connectivity index (χ2n) is 4.94. The van der Waals surface area contributed by atoms with Crippen LogP contribution in [0.4, 0.5) is 4.39 Å². The van der Waals surface area contributed by atoms with Gasteiger partial charge in [-0.25, -0.2) is 4.39 Å². The van der Waals surface area contributed by atoms with Gasteiger partial charge in [0.05, 0.1) is 6.26 Å². The first-order valence-electron chi connectivity index (χ1n) is 6.58. The van der Waals surface area contributed by atoms with Gasteiger partial charge in [0.15, 0.2) is 0 Å². The molecule has 0 amide bonds. The maximum absolute atomic E-state index is 14.2. The summed E-state index contributed by atoms with van der Waals surface area (Å²) in [7, 11) is 1.87. The number of halogens is 1. The summed E-state index contributed by atoms with van der Waals surface area (Å²) in [5.41, 5.74) is 2.72. The van der Waals surface area contributed by atoms with Crippen LogP contribution in [0, 0.1) is 19.7 Å². The van der Waals surface area contributed by atoms with Crippen molar-refractivity contribution >= 4 is 0 Å². The van der Waals surface area contributed by atoms with Crippen molar-refractivity contribution in [3.63, 3.8) is 0 Å². The molecule has 19 heavy (non-hydrogen) atoms. The maximum atomic E-state index is 14.2. The molecule has 1 heterocycles. The number of aryl methyl sites for hydroxylation is 3. The molecule has 3 heteroatoms. The predicted octanol–water partition coefficient (Wildman–Crippen LogP) is 3.93. The third-order valence-corrected chi connectivity index (χ3v) is 3.44. The molecular formula is C16H20FNO. The molecule has 0 saturated heterocycles. The van der Waals surface area contributed by atoms with E-state index >= 15 is 0 Å². The molecule has 0 spiro atoms. The first-order valence-corrected chi connectivity index (χ1v) is 6.58. The smallest absolute Gasteiger partial charge is 0.128 e. The molecule has 0 saturated carbocycles. The molecule has 2 nitrogen and oxygen atoms in total. The lowest BCUT2D eigenvalue weighted by Gasteiger charge is -2.19. The summed E-state index contributed by atoms with van der Waals surface area (Å²) in [5, 5.41) is 3.20. The standard InChI is InChI=1S/C16H20FNO/c1-11-9-12(2)16(14(17)10-11)15(18-3)7-6-13-5-4-8-19-13/h4-5,8-10,15,18H,6-7H2,1-3H3. The molecule has 0 aliphatic heterocycles. The number of nitrogens with one attached hydrogen (secondary N) is 1. The number of benzene rings is 1. The Bertz CT molecular complexity index is 511. The van der Waals surface area contributed by atoms with E-state index in [9.17, 15) is 4.39 Å².